The van der Waals surface area contributed by atoms with Crippen LogP contribution in [0, 0.1) is 5.92 Å². The summed E-state index contributed by atoms with van der Waals surface area (Å²) < 4.78 is 2.06. The van der Waals surface area contributed by atoms with Gasteiger partial charge >= 0.3 is 0 Å². The van der Waals surface area contributed by atoms with E-state index in [1.54, 1.807) is 0 Å². The standard InChI is InChI=1S/C17H25N3O2/c1-17(2,3)20-8-7-13(10-20)16(22)19-9-12-5-6-14(11-19)18(4)15(12)21/h7-8,10,12,14H,5-6,9,11H2,1-4H3/t12-,14+/m1/s1. The third-order valence-electron chi connectivity index (χ3n) is 4.97. The minimum atomic E-state index is -0.0352. The van der Waals surface area contributed by atoms with Gasteiger partial charge in [0.15, 0.2) is 0 Å². The second kappa shape index (κ2) is 5.14. The van der Waals surface area contributed by atoms with Crippen LogP contribution >= 0.6 is 0 Å². The molecule has 0 unspecified atom stereocenters. The summed E-state index contributed by atoms with van der Waals surface area (Å²) in [5.74, 6) is 0.208. The molecule has 4 heterocycles. The zero-order valence-corrected chi connectivity index (χ0v) is 13.9. The molecule has 2 amide bonds. The van der Waals surface area contributed by atoms with E-state index in [1.807, 2.05) is 35.3 Å². The van der Waals surface area contributed by atoms with Crippen molar-refractivity contribution in [2.24, 2.45) is 5.92 Å². The molecule has 0 N–H and O–H groups in total. The van der Waals surface area contributed by atoms with Crippen LogP contribution in [0.4, 0.5) is 0 Å². The molecule has 22 heavy (non-hydrogen) atoms. The Hall–Kier alpha value is -1.78. The van der Waals surface area contributed by atoms with Crippen LogP contribution < -0.4 is 0 Å². The van der Waals surface area contributed by atoms with Crippen molar-refractivity contribution in [2.75, 3.05) is 20.1 Å². The molecule has 120 valence electrons. The van der Waals surface area contributed by atoms with Crippen LogP contribution in [-0.4, -0.2) is 52.4 Å². The maximum atomic E-state index is 12.8. The monoisotopic (exact) mass is 303 g/mol. The van der Waals surface area contributed by atoms with Crippen LogP contribution in [0.1, 0.15) is 44.0 Å². The maximum absolute atomic E-state index is 12.8. The zero-order valence-electron chi connectivity index (χ0n) is 13.9. The molecule has 2 atom stereocenters. The van der Waals surface area contributed by atoms with Gasteiger partial charge in [0.05, 0.1) is 11.5 Å². The zero-order chi connectivity index (χ0) is 16.1. The molecule has 1 aromatic rings. The van der Waals surface area contributed by atoms with Crippen molar-refractivity contribution in [1.29, 1.82) is 0 Å². The average molecular weight is 303 g/mol. The molecule has 0 radical (unpaired) electrons. The highest BCUT2D eigenvalue weighted by atomic mass is 16.2. The Bertz CT molecular complexity index is 599. The highest BCUT2D eigenvalue weighted by Crippen LogP contribution is 2.29. The number of hydrogen-bond donors (Lipinski definition) is 0. The first-order chi connectivity index (χ1) is 10.3. The lowest BCUT2D eigenvalue weighted by Crippen LogP contribution is -2.45. The molecule has 4 rings (SSSR count). The van der Waals surface area contributed by atoms with Crippen molar-refractivity contribution in [2.45, 2.75) is 45.2 Å². The second-order valence-electron chi connectivity index (χ2n) is 7.57. The minimum absolute atomic E-state index is 0.0302. The van der Waals surface area contributed by atoms with E-state index in [-0.39, 0.29) is 29.3 Å². The van der Waals surface area contributed by atoms with Gasteiger partial charge in [0, 0.05) is 44.1 Å². The molecule has 1 aromatic heterocycles. The summed E-state index contributed by atoms with van der Waals surface area (Å²) in [5.41, 5.74) is 0.679. The fraction of sp³-hybridized carbons (Fsp3) is 0.647. The third kappa shape index (κ3) is 2.53. The van der Waals surface area contributed by atoms with E-state index in [2.05, 4.69) is 25.3 Å². The molecule has 5 nitrogen and oxygen atoms in total. The molecular formula is C17H25N3O2. The second-order valence-corrected chi connectivity index (χ2v) is 7.57. The molecule has 0 aromatic carbocycles. The molecule has 0 aliphatic carbocycles. The van der Waals surface area contributed by atoms with Gasteiger partial charge in [-0.2, -0.15) is 0 Å². The van der Waals surface area contributed by atoms with Gasteiger partial charge in [-0.15, -0.1) is 0 Å². The quantitative estimate of drug-likeness (QED) is 0.796. The minimum Gasteiger partial charge on any atom is -0.348 e. The van der Waals surface area contributed by atoms with E-state index in [1.165, 1.54) is 0 Å². The number of piperidine rings is 1. The summed E-state index contributed by atoms with van der Waals surface area (Å²) in [5, 5.41) is 0. The summed E-state index contributed by atoms with van der Waals surface area (Å²) in [6.45, 7) is 7.54. The largest absolute Gasteiger partial charge is 0.348 e. The van der Waals surface area contributed by atoms with Gasteiger partial charge < -0.3 is 14.4 Å². The molecule has 3 aliphatic heterocycles. The van der Waals surface area contributed by atoms with E-state index >= 15 is 0 Å². The number of rotatable bonds is 1. The Labute approximate surface area is 131 Å². The van der Waals surface area contributed by atoms with Crippen LogP contribution in [-0.2, 0) is 10.3 Å². The summed E-state index contributed by atoms with van der Waals surface area (Å²) >= 11 is 0. The maximum Gasteiger partial charge on any atom is 0.255 e. The van der Waals surface area contributed by atoms with Gasteiger partial charge in [0.2, 0.25) is 5.91 Å². The first-order valence-corrected chi connectivity index (χ1v) is 8.02. The number of carbonyl (C=O) groups excluding carboxylic acids is 2. The number of amides is 2. The number of fused-ring (bicyclic) bond motifs is 4. The predicted octanol–water partition coefficient (Wildman–Crippen LogP) is 1.94. The topological polar surface area (TPSA) is 45.6 Å². The normalized spacial score (nSPS) is 25.5. The van der Waals surface area contributed by atoms with Crippen molar-refractivity contribution in [3.8, 4) is 0 Å². The van der Waals surface area contributed by atoms with Crippen LogP contribution in [0.15, 0.2) is 18.5 Å². The molecule has 3 fully saturated rings. The summed E-state index contributed by atoms with van der Waals surface area (Å²) in [6, 6.07) is 2.05. The van der Waals surface area contributed by atoms with Crippen LogP contribution in [0.25, 0.3) is 0 Å². The number of nitrogens with zero attached hydrogens (tertiary/aromatic N) is 3. The lowest BCUT2D eigenvalue weighted by atomic mass is 9.95. The van der Waals surface area contributed by atoms with Crippen LogP contribution in [0.3, 0.4) is 0 Å². The average Bonchev–Trinajstić information content (AvgIpc) is 2.81. The van der Waals surface area contributed by atoms with E-state index < -0.39 is 0 Å². The van der Waals surface area contributed by atoms with Gasteiger partial charge in [-0.25, -0.2) is 0 Å². The summed E-state index contributed by atoms with van der Waals surface area (Å²) in [4.78, 5) is 28.7. The van der Waals surface area contributed by atoms with Gasteiger partial charge in [0.25, 0.3) is 5.91 Å². The van der Waals surface area contributed by atoms with Crippen molar-refractivity contribution in [1.82, 2.24) is 14.4 Å². The number of carbonyl (C=O) groups is 2. The third-order valence-corrected chi connectivity index (χ3v) is 4.97. The molecule has 3 saturated heterocycles. The van der Waals surface area contributed by atoms with Crippen LogP contribution in [0.5, 0.6) is 0 Å². The Morgan fingerprint density at radius 2 is 1.95 bits per heavy atom. The van der Waals surface area contributed by atoms with Gasteiger partial charge in [-0.3, -0.25) is 9.59 Å². The van der Waals surface area contributed by atoms with Gasteiger partial charge in [-0.05, 0) is 39.7 Å². The number of aromatic nitrogens is 1. The molecule has 0 saturated carbocycles. The highest BCUT2D eigenvalue weighted by molar-refractivity contribution is 5.95. The smallest absolute Gasteiger partial charge is 0.255 e. The Balaban J connectivity index is 1.81. The lowest BCUT2D eigenvalue weighted by molar-refractivity contribution is -0.138. The van der Waals surface area contributed by atoms with Crippen molar-refractivity contribution in [3.05, 3.63) is 24.0 Å². The number of likely N-dealkylation sites (N-methyl/N-ethyl adjacent to an activating group) is 1. The fourth-order valence-corrected chi connectivity index (χ4v) is 3.45. The number of hydrogen-bond acceptors (Lipinski definition) is 2. The lowest BCUT2D eigenvalue weighted by Gasteiger charge is -2.32. The first kappa shape index (κ1) is 15.1. The van der Waals surface area contributed by atoms with Gasteiger partial charge in [-0.1, -0.05) is 0 Å². The van der Waals surface area contributed by atoms with E-state index in [4.69, 9.17) is 0 Å². The van der Waals surface area contributed by atoms with Crippen molar-refractivity contribution >= 4 is 11.8 Å². The Morgan fingerprint density at radius 1 is 1.23 bits per heavy atom. The van der Waals surface area contributed by atoms with E-state index in [9.17, 15) is 9.59 Å². The Kier molecular flexibility index (Phi) is 3.54. The van der Waals surface area contributed by atoms with Gasteiger partial charge in [0.1, 0.15) is 0 Å². The summed E-state index contributed by atoms with van der Waals surface area (Å²) in [7, 11) is 1.86. The van der Waals surface area contributed by atoms with Crippen molar-refractivity contribution in [3.63, 3.8) is 0 Å². The van der Waals surface area contributed by atoms with E-state index in [0.29, 0.717) is 18.7 Å². The molecular weight excluding hydrogens is 278 g/mol. The molecule has 0 spiro atoms. The fourth-order valence-electron chi connectivity index (χ4n) is 3.45. The molecule has 5 heteroatoms. The molecule has 2 bridgehead atoms. The van der Waals surface area contributed by atoms with E-state index in [0.717, 1.165) is 12.8 Å². The molecule has 3 aliphatic rings. The summed E-state index contributed by atoms with van der Waals surface area (Å²) in [6.07, 6.45) is 5.78. The van der Waals surface area contributed by atoms with Crippen molar-refractivity contribution < 1.29 is 9.59 Å². The van der Waals surface area contributed by atoms with Crippen LogP contribution in [0.2, 0.25) is 0 Å². The first-order valence-electron chi connectivity index (χ1n) is 8.02. The Morgan fingerprint density at radius 3 is 2.59 bits per heavy atom. The SMILES string of the molecule is CN1C(=O)[C@@H]2CC[C@H]1CN(C(=O)c1ccn(C(C)(C)C)c1)C2. The highest BCUT2D eigenvalue weighted by Gasteiger charge is 2.40. The predicted molar refractivity (Wildman–Crippen MR) is 84.6 cm³/mol.